The molecule has 2 aromatic rings. The van der Waals surface area contributed by atoms with Crippen LogP contribution in [0.1, 0.15) is 75.3 Å². The van der Waals surface area contributed by atoms with Crippen LogP contribution in [0.25, 0.3) is 11.1 Å². The van der Waals surface area contributed by atoms with Gasteiger partial charge in [-0.3, -0.25) is 0 Å². The van der Waals surface area contributed by atoms with Crippen molar-refractivity contribution in [3.05, 3.63) is 72.3 Å². The van der Waals surface area contributed by atoms with Crippen LogP contribution >= 0.6 is 0 Å². The van der Waals surface area contributed by atoms with Crippen molar-refractivity contribution in [2.75, 3.05) is 6.61 Å². The zero-order valence-electron chi connectivity index (χ0n) is 19.3. The van der Waals surface area contributed by atoms with Crippen molar-refractivity contribution < 1.29 is 9.53 Å². The second kappa shape index (κ2) is 11.7. The van der Waals surface area contributed by atoms with E-state index in [2.05, 4.69) is 68.1 Å². The Balaban J connectivity index is 1.60. The Kier molecular flexibility index (Phi) is 8.68. The molecule has 0 radical (unpaired) electrons. The number of esters is 1. The molecule has 3 rings (SSSR count). The number of nitriles is 1. The van der Waals surface area contributed by atoms with Gasteiger partial charge in [0.1, 0.15) is 0 Å². The molecule has 0 heterocycles. The molecular formula is C29H35NO2. The molecule has 1 saturated carbocycles. The van der Waals surface area contributed by atoms with Crippen molar-refractivity contribution in [2.45, 2.75) is 70.6 Å². The van der Waals surface area contributed by atoms with Crippen LogP contribution in [0.4, 0.5) is 0 Å². The molecule has 32 heavy (non-hydrogen) atoms. The number of aryl methyl sites for hydroxylation is 1. The first kappa shape index (κ1) is 23.8. The predicted molar refractivity (Wildman–Crippen MR) is 130 cm³/mol. The quantitative estimate of drug-likeness (QED) is 0.225. The van der Waals surface area contributed by atoms with E-state index in [0.29, 0.717) is 12.5 Å². The van der Waals surface area contributed by atoms with E-state index < -0.39 is 0 Å². The third-order valence-electron chi connectivity index (χ3n) is 6.85. The van der Waals surface area contributed by atoms with Gasteiger partial charge in [0.15, 0.2) is 0 Å². The van der Waals surface area contributed by atoms with E-state index in [1.165, 1.54) is 28.3 Å². The molecule has 0 N–H and O–H groups in total. The van der Waals surface area contributed by atoms with Crippen molar-refractivity contribution in [2.24, 2.45) is 5.41 Å². The van der Waals surface area contributed by atoms with Gasteiger partial charge in [0.2, 0.25) is 0 Å². The Morgan fingerprint density at radius 1 is 1.19 bits per heavy atom. The fraction of sp³-hybridized carbons (Fsp3) is 0.448. The maximum absolute atomic E-state index is 11.1. The molecule has 3 nitrogen and oxygen atoms in total. The fourth-order valence-corrected chi connectivity index (χ4v) is 4.91. The third-order valence-corrected chi connectivity index (χ3v) is 6.85. The number of hydrogen-bond acceptors (Lipinski definition) is 3. The molecule has 0 aromatic heterocycles. The van der Waals surface area contributed by atoms with Crippen LogP contribution in [0.2, 0.25) is 0 Å². The first-order chi connectivity index (χ1) is 15.6. The number of carbonyl (C=O) groups excluding carboxylic acids is 1. The van der Waals surface area contributed by atoms with Crippen molar-refractivity contribution in [1.82, 2.24) is 0 Å². The van der Waals surface area contributed by atoms with Gasteiger partial charge in [-0.2, -0.15) is 5.26 Å². The zero-order valence-corrected chi connectivity index (χ0v) is 19.3. The third kappa shape index (κ3) is 6.33. The Morgan fingerprint density at radius 3 is 2.72 bits per heavy atom. The summed E-state index contributed by atoms with van der Waals surface area (Å²) in [5.41, 5.74) is 4.99. The van der Waals surface area contributed by atoms with E-state index in [0.717, 1.165) is 57.8 Å². The minimum absolute atomic E-state index is 0.237. The van der Waals surface area contributed by atoms with Crippen molar-refractivity contribution in [3.63, 3.8) is 0 Å². The molecular weight excluding hydrogens is 394 g/mol. The lowest BCUT2D eigenvalue weighted by molar-refractivity contribution is -0.137. The van der Waals surface area contributed by atoms with Gasteiger partial charge < -0.3 is 4.74 Å². The summed E-state index contributed by atoms with van der Waals surface area (Å²) in [6.07, 6.45) is 10.2. The summed E-state index contributed by atoms with van der Waals surface area (Å²) in [7, 11) is 0. The monoisotopic (exact) mass is 429 g/mol. The number of carbonyl (C=O) groups is 1. The predicted octanol–water partition coefficient (Wildman–Crippen LogP) is 7.37. The molecule has 1 fully saturated rings. The smallest absolute Gasteiger partial charge is 0.330 e. The molecule has 2 unspecified atom stereocenters. The molecule has 168 valence electrons. The molecule has 0 saturated heterocycles. The summed E-state index contributed by atoms with van der Waals surface area (Å²) in [4.78, 5) is 11.1. The van der Waals surface area contributed by atoms with Crippen LogP contribution in [0.3, 0.4) is 0 Å². The van der Waals surface area contributed by atoms with Crippen LogP contribution < -0.4 is 0 Å². The largest absolute Gasteiger partial charge is 0.463 e. The summed E-state index contributed by atoms with van der Waals surface area (Å²) in [5.74, 6) is 0.0731. The van der Waals surface area contributed by atoms with Gasteiger partial charge in [-0.05, 0) is 66.7 Å². The van der Waals surface area contributed by atoms with Gasteiger partial charge in [0.05, 0.1) is 18.1 Å². The Morgan fingerprint density at radius 2 is 2.00 bits per heavy atom. The average molecular weight is 430 g/mol. The molecule has 0 aliphatic heterocycles. The van der Waals surface area contributed by atoms with Crippen molar-refractivity contribution >= 4 is 5.97 Å². The van der Waals surface area contributed by atoms with Crippen LogP contribution in [-0.4, -0.2) is 12.6 Å². The molecule has 0 spiro atoms. The molecule has 0 amide bonds. The van der Waals surface area contributed by atoms with Crippen LogP contribution in [0.5, 0.6) is 0 Å². The Bertz CT molecular complexity index is 940. The zero-order chi connectivity index (χ0) is 22.8. The lowest BCUT2D eigenvalue weighted by Gasteiger charge is -2.36. The van der Waals surface area contributed by atoms with Gasteiger partial charge in [-0.15, -0.1) is 0 Å². The molecule has 1 aliphatic rings. The number of rotatable bonds is 10. The van der Waals surface area contributed by atoms with Crippen molar-refractivity contribution in [1.29, 1.82) is 5.26 Å². The number of unbranched alkanes of at least 4 members (excludes halogenated alkanes) is 2. The first-order valence-corrected chi connectivity index (χ1v) is 12.0. The molecule has 1 aliphatic carbocycles. The molecule has 2 atom stereocenters. The minimum Gasteiger partial charge on any atom is -0.463 e. The second-order valence-electron chi connectivity index (χ2n) is 9.04. The molecule has 3 heteroatoms. The number of benzene rings is 2. The van der Waals surface area contributed by atoms with E-state index in [9.17, 15) is 10.1 Å². The van der Waals surface area contributed by atoms with E-state index in [1.54, 1.807) is 0 Å². The lowest BCUT2D eigenvalue weighted by atomic mass is 9.66. The maximum Gasteiger partial charge on any atom is 0.330 e. The Labute approximate surface area is 193 Å². The van der Waals surface area contributed by atoms with Crippen molar-refractivity contribution in [3.8, 4) is 17.2 Å². The standard InChI is InChI=1S/C29H35NO2/c1-3-23-13-15-24(16-14-23)25-10-8-11-26(20-25)27-12-9-18-29(21-27,22-30)17-6-5-7-19-32-28(31)4-2/h4,8,10-11,13-16,20,27H,2-3,5-7,9,12,17-19,21H2,1H3. The van der Waals surface area contributed by atoms with Gasteiger partial charge in [-0.25, -0.2) is 4.79 Å². The Hall–Kier alpha value is -2.86. The lowest BCUT2D eigenvalue weighted by Crippen LogP contribution is -2.26. The summed E-state index contributed by atoms with van der Waals surface area (Å²) >= 11 is 0. The SMILES string of the molecule is C=CC(=O)OCCCCCC1(C#N)CCCC(c2cccc(-c3ccc(CC)cc3)c2)C1. The second-order valence-corrected chi connectivity index (χ2v) is 9.04. The summed E-state index contributed by atoms with van der Waals surface area (Å²) in [6.45, 7) is 6.02. The van der Waals surface area contributed by atoms with Gasteiger partial charge in [-0.1, -0.05) is 81.3 Å². The fourth-order valence-electron chi connectivity index (χ4n) is 4.91. The minimum atomic E-state index is -0.364. The summed E-state index contributed by atoms with van der Waals surface area (Å²) in [5, 5.41) is 10.1. The number of ether oxygens (including phenoxy) is 1. The highest BCUT2D eigenvalue weighted by Crippen LogP contribution is 2.47. The van der Waals surface area contributed by atoms with Gasteiger partial charge in [0, 0.05) is 6.08 Å². The first-order valence-electron chi connectivity index (χ1n) is 12.0. The van der Waals surface area contributed by atoms with Crippen LogP contribution in [0.15, 0.2) is 61.2 Å². The molecule has 0 bridgehead atoms. The molecule has 2 aromatic carbocycles. The normalized spacial score (nSPS) is 20.3. The highest BCUT2D eigenvalue weighted by Gasteiger charge is 2.36. The van der Waals surface area contributed by atoms with E-state index in [4.69, 9.17) is 4.74 Å². The number of nitrogens with zero attached hydrogens (tertiary/aromatic N) is 1. The van der Waals surface area contributed by atoms with E-state index >= 15 is 0 Å². The van der Waals surface area contributed by atoms with E-state index in [-0.39, 0.29) is 11.4 Å². The number of hydrogen-bond donors (Lipinski definition) is 0. The highest BCUT2D eigenvalue weighted by atomic mass is 16.5. The van der Waals surface area contributed by atoms with E-state index in [1.807, 2.05) is 0 Å². The highest BCUT2D eigenvalue weighted by molar-refractivity contribution is 5.81. The summed E-state index contributed by atoms with van der Waals surface area (Å²) < 4.78 is 5.05. The van der Waals surface area contributed by atoms with Crippen LogP contribution in [0, 0.1) is 16.7 Å². The average Bonchev–Trinajstić information content (AvgIpc) is 2.86. The van der Waals surface area contributed by atoms with Gasteiger partial charge in [0.25, 0.3) is 0 Å². The maximum atomic E-state index is 11.1. The van der Waals surface area contributed by atoms with Gasteiger partial charge >= 0.3 is 5.97 Å². The topological polar surface area (TPSA) is 50.1 Å². The summed E-state index contributed by atoms with van der Waals surface area (Å²) in [6, 6.07) is 20.4. The van der Waals surface area contributed by atoms with Crippen LogP contribution in [-0.2, 0) is 16.0 Å².